The van der Waals surface area contributed by atoms with Crippen LogP contribution in [0.5, 0.6) is 11.5 Å². The second-order valence-electron chi connectivity index (χ2n) is 19.2. The number of nitrogens with zero attached hydrogens (tertiary/aromatic N) is 4. The van der Waals surface area contributed by atoms with Gasteiger partial charge in [-0.2, -0.15) is 0 Å². The number of phenols is 2. The minimum Gasteiger partial charge on any atom is -0.508 e. The molecular weight excluding hydrogens is 823 g/mol. The number of unbranched alkanes of at least 4 members (excludes halogenated alkanes) is 1. The number of piperidine rings is 2. The van der Waals surface area contributed by atoms with Gasteiger partial charge in [-0.3, -0.25) is 19.3 Å². The highest BCUT2D eigenvalue weighted by Crippen LogP contribution is 2.44. The van der Waals surface area contributed by atoms with Crippen LogP contribution in [0.3, 0.4) is 0 Å². The van der Waals surface area contributed by atoms with E-state index in [1.165, 1.54) is 30.3 Å². The van der Waals surface area contributed by atoms with Gasteiger partial charge in [0.05, 0.1) is 6.04 Å². The van der Waals surface area contributed by atoms with E-state index in [9.17, 15) is 29.0 Å². The van der Waals surface area contributed by atoms with Crippen LogP contribution >= 0.6 is 0 Å². The minimum atomic E-state index is -0.522. The van der Waals surface area contributed by atoms with Crippen molar-refractivity contribution in [1.82, 2.24) is 19.6 Å². The molecule has 2 fully saturated rings. The van der Waals surface area contributed by atoms with Crippen LogP contribution in [0, 0.1) is 55.6 Å². The Kier molecular flexibility index (Phi) is 17.2. The molecule has 7 atom stereocenters. The second-order valence-corrected chi connectivity index (χ2v) is 19.2. The summed E-state index contributed by atoms with van der Waals surface area (Å²) in [6, 6.07) is 22.6. The Balaban J connectivity index is 1.20. The summed E-state index contributed by atoms with van der Waals surface area (Å²) in [5, 5.41) is 20.6. The summed E-state index contributed by atoms with van der Waals surface area (Å²) in [6.45, 7) is 10.1. The molecule has 0 spiro atoms. The number of phenolic OH excluding ortho intramolecular Hbond substituents is 2. The zero-order chi connectivity index (χ0) is 46.9. The van der Waals surface area contributed by atoms with Crippen LogP contribution in [0.4, 0.5) is 8.78 Å². The number of carbonyl (C=O) groups excluding carboxylic acids is 3. The number of ketones is 3. The first-order valence-corrected chi connectivity index (χ1v) is 23.3. The van der Waals surface area contributed by atoms with E-state index >= 15 is 4.39 Å². The molecule has 4 aromatic rings. The standard InChI is InChI=1S/C54H69F2N4O5/c1-35(29-40-32-60(26-9-8-25-57(4)5)34-47(54(65)39-16-11-18-42(62)31-39)51(40)44-20-13-22-49(56)37(44)3)52(63)50(58(6)7)23-14-27-59-28-24-45(43-19-12-21-48(55)36(43)2)46(33-59)53(64)38-15-10-17-41(61)30-38/h10-13,15-22,24,30-31,35,40,45-47,50-51,61-62H,8-9,14,23,25-29,32-34H2,1-7H3/t35?,40?,45?,46?,47?,50-,51?/m1/s1. The number of hydrogen-bond acceptors (Lipinski definition) is 9. The maximum atomic E-state index is 15.4. The topological polar surface area (TPSA) is 105 Å². The van der Waals surface area contributed by atoms with Crippen molar-refractivity contribution in [2.24, 2.45) is 23.7 Å². The second kappa shape index (κ2) is 22.6. The Morgan fingerprint density at radius 1 is 0.708 bits per heavy atom. The molecule has 2 N–H and O–H groups in total. The summed E-state index contributed by atoms with van der Waals surface area (Å²) in [7, 11) is 7.98. The fraction of sp³-hybridized carbons (Fsp3) is 0.481. The molecule has 0 bridgehead atoms. The van der Waals surface area contributed by atoms with Crippen molar-refractivity contribution in [1.29, 1.82) is 0 Å². The Hall–Kier alpha value is -4.81. The maximum Gasteiger partial charge on any atom is 0.167 e. The van der Waals surface area contributed by atoms with E-state index in [4.69, 9.17) is 0 Å². The predicted molar refractivity (Wildman–Crippen MR) is 254 cm³/mol. The molecule has 6 rings (SSSR count). The van der Waals surface area contributed by atoms with E-state index in [1.807, 2.05) is 38.1 Å². The molecule has 11 heteroatoms. The minimum absolute atomic E-state index is 0.0114. The van der Waals surface area contributed by atoms with Gasteiger partial charge in [0.15, 0.2) is 17.3 Å². The third-order valence-corrected chi connectivity index (χ3v) is 14.0. The lowest BCUT2D eigenvalue weighted by atomic mass is 9.67. The van der Waals surface area contributed by atoms with Gasteiger partial charge in [-0.1, -0.05) is 55.5 Å². The first-order valence-electron chi connectivity index (χ1n) is 23.3. The van der Waals surface area contributed by atoms with Crippen LogP contribution in [-0.2, 0) is 4.79 Å². The molecule has 0 aromatic heterocycles. The highest BCUT2D eigenvalue weighted by atomic mass is 19.1. The van der Waals surface area contributed by atoms with Crippen molar-refractivity contribution >= 4 is 17.3 Å². The van der Waals surface area contributed by atoms with Crippen molar-refractivity contribution < 1.29 is 33.4 Å². The smallest absolute Gasteiger partial charge is 0.167 e. The number of halogens is 2. The summed E-state index contributed by atoms with van der Waals surface area (Å²) < 4.78 is 30.2. The van der Waals surface area contributed by atoms with Crippen LogP contribution in [0.15, 0.2) is 84.9 Å². The summed E-state index contributed by atoms with van der Waals surface area (Å²) in [4.78, 5) is 52.1. The SMILES string of the molecule is Cc1c(F)cccc1C1[CH]CN(CCC[C@H](C(=O)C(C)CC2CN(CCCCN(C)C)CC(C(=O)c3cccc(O)c3)C2c2cccc(F)c2C)N(C)C)CC1C(=O)c1cccc(O)c1. The molecule has 349 valence electrons. The van der Waals surface area contributed by atoms with Gasteiger partial charge in [-0.05, 0) is 177 Å². The molecule has 0 amide bonds. The van der Waals surface area contributed by atoms with Gasteiger partial charge in [-0.15, -0.1) is 0 Å². The van der Waals surface area contributed by atoms with Gasteiger partial charge in [0, 0.05) is 55.1 Å². The fourth-order valence-corrected chi connectivity index (χ4v) is 10.6. The Morgan fingerprint density at radius 3 is 1.86 bits per heavy atom. The van der Waals surface area contributed by atoms with Crippen LogP contribution in [0.2, 0.25) is 0 Å². The zero-order valence-corrected chi connectivity index (χ0v) is 39.4. The van der Waals surface area contributed by atoms with E-state index < -0.39 is 11.8 Å². The molecule has 2 aliphatic rings. The van der Waals surface area contributed by atoms with E-state index in [0.717, 1.165) is 37.1 Å². The Bertz CT molecular complexity index is 2270. The lowest BCUT2D eigenvalue weighted by Gasteiger charge is -2.45. The molecule has 2 aliphatic heterocycles. The quantitative estimate of drug-likeness (QED) is 0.0665. The summed E-state index contributed by atoms with van der Waals surface area (Å²) in [5.41, 5.74) is 3.43. The van der Waals surface area contributed by atoms with Gasteiger partial charge < -0.3 is 24.9 Å². The number of Topliss-reactive ketones (excluding diaryl/α,β-unsaturated/α-hetero) is 3. The van der Waals surface area contributed by atoms with Gasteiger partial charge in [0.2, 0.25) is 0 Å². The summed E-state index contributed by atoms with van der Waals surface area (Å²) in [5.74, 6) is -2.88. The van der Waals surface area contributed by atoms with E-state index in [2.05, 4.69) is 35.2 Å². The van der Waals surface area contributed by atoms with Crippen molar-refractivity contribution in [2.75, 3.05) is 74.0 Å². The van der Waals surface area contributed by atoms with Gasteiger partial charge in [0.1, 0.15) is 23.1 Å². The fourth-order valence-electron chi connectivity index (χ4n) is 10.6. The molecule has 6 unspecified atom stereocenters. The highest BCUT2D eigenvalue weighted by Gasteiger charge is 2.44. The highest BCUT2D eigenvalue weighted by molar-refractivity contribution is 6.00. The monoisotopic (exact) mass is 892 g/mol. The molecule has 65 heavy (non-hydrogen) atoms. The number of carbonyl (C=O) groups is 3. The van der Waals surface area contributed by atoms with Crippen LogP contribution in [0.1, 0.15) is 93.8 Å². The van der Waals surface area contributed by atoms with Crippen molar-refractivity contribution in [3.8, 4) is 11.5 Å². The Morgan fingerprint density at radius 2 is 1.26 bits per heavy atom. The van der Waals surface area contributed by atoms with Gasteiger partial charge in [-0.25, -0.2) is 8.78 Å². The van der Waals surface area contributed by atoms with Gasteiger partial charge >= 0.3 is 0 Å². The number of rotatable bonds is 20. The predicted octanol–water partition coefficient (Wildman–Crippen LogP) is 8.96. The zero-order valence-electron chi connectivity index (χ0n) is 39.4. The first kappa shape index (κ1) is 49.6. The third-order valence-electron chi connectivity index (χ3n) is 14.0. The lowest BCUT2D eigenvalue weighted by molar-refractivity contribution is -0.128. The lowest BCUT2D eigenvalue weighted by Crippen LogP contribution is -2.49. The van der Waals surface area contributed by atoms with Crippen LogP contribution in [0.25, 0.3) is 0 Å². The van der Waals surface area contributed by atoms with E-state index in [0.29, 0.717) is 74.2 Å². The largest absolute Gasteiger partial charge is 0.508 e. The molecule has 0 saturated carbocycles. The molecule has 2 saturated heterocycles. The number of likely N-dealkylation sites (tertiary alicyclic amines) is 2. The normalized spacial score (nSPS) is 21.7. The molecule has 4 aromatic carbocycles. The van der Waals surface area contributed by atoms with Crippen LogP contribution in [-0.4, -0.2) is 127 Å². The van der Waals surface area contributed by atoms with Crippen molar-refractivity contribution in [3.63, 3.8) is 0 Å². The maximum absolute atomic E-state index is 15.4. The first-order chi connectivity index (χ1) is 31.0. The molecule has 1 radical (unpaired) electrons. The number of hydrogen-bond donors (Lipinski definition) is 2. The number of likely N-dealkylation sites (N-methyl/N-ethyl adjacent to an activating group) is 1. The average molecular weight is 892 g/mol. The molecule has 2 heterocycles. The molecular formula is C54H69F2N4O5. The Labute approximate surface area is 385 Å². The van der Waals surface area contributed by atoms with E-state index in [1.54, 1.807) is 56.3 Å². The van der Waals surface area contributed by atoms with Crippen LogP contribution < -0.4 is 0 Å². The molecule has 0 aliphatic carbocycles. The number of aromatic hydroxyl groups is 2. The van der Waals surface area contributed by atoms with Crippen molar-refractivity contribution in [3.05, 3.63) is 136 Å². The van der Waals surface area contributed by atoms with E-state index in [-0.39, 0.29) is 70.2 Å². The summed E-state index contributed by atoms with van der Waals surface area (Å²) in [6.07, 6.45) is 5.85. The van der Waals surface area contributed by atoms with Gasteiger partial charge in [0.25, 0.3) is 0 Å². The number of benzene rings is 4. The average Bonchev–Trinajstić information content (AvgIpc) is 3.27. The third kappa shape index (κ3) is 12.4. The van der Waals surface area contributed by atoms with Crippen molar-refractivity contribution in [2.45, 2.75) is 70.8 Å². The summed E-state index contributed by atoms with van der Waals surface area (Å²) >= 11 is 0. The molecule has 9 nitrogen and oxygen atoms in total.